The molecule has 0 radical (unpaired) electrons. The average molecular weight is 280 g/mol. The maximum absolute atomic E-state index is 5.99. The summed E-state index contributed by atoms with van der Waals surface area (Å²) in [5.74, 6) is 2.43. The van der Waals surface area contributed by atoms with Crippen LogP contribution in [0.3, 0.4) is 0 Å². The molecule has 0 spiro atoms. The lowest BCUT2D eigenvalue weighted by Gasteiger charge is -2.26. The van der Waals surface area contributed by atoms with Crippen LogP contribution in [0.1, 0.15) is 72.1 Å². The van der Waals surface area contributed by atoms with Crippen molar-refractivity contribution in [2.45, 2.75) is 78.2 Å². The summed E-state index contributed by atoms with van der Waals surface area (Å²) in [6.07, 6.45) is 14.3. The van der Waals surface area contributed by atoms with Crippen LogP contribution in [0.25, 0.3) is 0 Å². The van der Waals surface area contributed by atoms with Crippen molar-refractivity contribution in [3.8, 4) is 0 Å². The Bertz CT molecular complexity index is 238. The Morgan fingerprint density at radius 3 is 2.00 bits per heavy atom. The zero-order valence-corrected chi connectivity index (χ0v) is 14.1. The molecule has 0 amide bonds. The van der Waals surface area contributed by atoms with Crippen LogP contribution in [0.2, 0.25) is 0 Å². The van der Waals surface area contributed by atoms with Crippen LogP contribution in [0.15, 0.2) is 25.3 Å². The summed E-state index contributed by atoms with van der Waals surface area (Å²) in [6.45, 7) is 14.2. The maximum Gasteiger partial charge on any atom is 0.0102 e. The minimum Gasteiger partial charge on any atom is -0.327 e. The lowest BCUT2D eigenvalue weighted by Crippen LogP contribution is -2.30. The van der Waals surface area contributed by atoms with Crippen LogP contribution in [0.5, 0.6) is 0 Å². The van der Waals surface area contributed by atoms with Gasteiger partial charge in [0.25, 0.3) is 0 Å². The highest BCUT2D eigenvalue weighted by molar-refractivity contribution is 4.82. The molecular formula is C19H37N. The van der Waals surface area contributed by atoms with Crippen LogP contribution in [0.4, 0.5) is 0 Å². The molecule has 20 heavy (non-hydrogen) atoms. The Balaban J connectivity index is 0.000000370. The van der Waals surface area contributed by atoms with Gasteiger partial charge in [-0.3, -0.25) is 0 Å². The first-order valence-corrected chi connectivity index (χ1v) is 8.48. The summed E-state index contributed by atoms with van der Waals surface area (Å²) in [4.78, 5) is 0. The Hall–Kier alpha value is -0.560. The van der Waals surface area contributed by atoms with Crippen LogP contribution >= 0.6 is 0 Å². The maximum atomic E-state index is 5.99. The van der Waals surface area contributed by atoms with Gasteiger partial charge in [0.2, 0.25) is 0 Å². The fraction of sp³-hybridized carbons (Fsp3) is 0.789. The lowest BCUT2D eigenvalue weighted by atomic mass is 9.83. The van der Waals surface area contributed by atoms with Gasteiger partial charge in [-0.1, -0.05) is 52.2 Å². The summed E-state index contributed by atoms with van der Waals surface area (Å²) in [6, 6.07) is 0.382. The summed E-state index contributed by atoms with van der Waals surface area (Å²) in [5, 5.41) is 0. The zero-order chi connectivity index (χ0) is 15.4. The van der Waals surface area contributed by atoms with Gasteiger partial charge in [-0.15, -0.1) is 13.2 Å². The highest BCUT2D eigenvalue weighted by atomic mass is 14.6. The second-order valence-corrected chi connectivity index (χ2v) is 6.85. The van der Waals surface area contributed by atoms with Gasteiger partial charge in [-0.05, 0) is 49.9 Å². The Morgan fingerprint density at radius 2 is 1.55 bits per heavy atom. The molecule has 2 unspecified atom stereocenters. The molecule has 0 aromatic heterocycles. The van der Waals surface area contributed by atoms with Crippen molar-refractivity contribution in [1.29, 1.82) is 0 Å². The molecule has 1 fully saturated rings. The predicted octanol–water partition coefficient (Wildman–Crippen LogP) is 5.71. The zero-order valence-electron chi connectivity index (χ0n) is 14.1. The molecule has 1 rings (SSSR count). The smallest absolute Gasteiger partial charge is 0.0102 e. The molecule has 0 saturated heterocycles. The Labute approximate surface area is 127 Å². The molecule has 1 heteroatoms. The van der Waals surface area contributed by atoms with E-state index in [1.807, 2.05) is 12.2 Å². The number of hydrogen-bond donors (Lipinski definition) is 1. The molecule has 0 aliphatic heterocycles. The number of hydrogen-bond acceptors (Lipinski definition) is 1. The van der Waals surface area contributed by atoms with Gasteiger partial charge in [0.15, 0.2) is 0 Å². The first-order valence-electron chi connectivity index (χ1n) is 8.48. The van der Waals surface area contributed by atoms with E-state index in [1.165, 1.54) is 38.5 Å². The number of allylic oxidation sites excluding steroid dienone is 1. The van der Waals surface area contributed by atoms with E-state index in [1.54, 1.807) is 0 Å². The summed E-state index contributed by atoms with van der Waals surface area (Å²) < 4.78 is 0. The van der Waals surface area contributed by atoms with Crippen LogP contribution < -0.4 is 5.73 Å². The standard InChI is InChI=1S/C10H19N.C9H18/c1-2-6-10(11)9-7-4-3-5-8-9;1-5-6-9(4)7-8(2)3/h2,9-10H,1,3-8,11H2;5,8-9H,1,6-7H2,2-4H3. The minimum atomic E-state index is 0.382. The summed E-state index contributed by atoms with van der Waals surface area (Å²) >= 11 is 0. The third-order valence-electron chi connectivity index (χ3n) is 4.14. The molecular weight excluding hydrogens is 242 g/mol. The van der Waals surface area contributed by atoms with Gasteiger partial charge in [0.1, 0.15) is 0 Å². The third kappa shape index (κ3) is 10.3. The van der Waals surface area contributed by atoms with Crippen molar-refractivity contribution in [3.63, 3.8) is 0 Å². The van der Waals surface area contributed by atoms with Gasteiger partial charge in [-0.2, -0.15) is 0 Å². The van der Waals surface area contributed by atoms with E-state index in [9.17, 15) is 0 Å². The van der Waals surface area contributed by atoms with Crippen molar-refractivity contribution in [1.82, 2.24) is 0 Å². The monoisotopic (exact) mass is 279 g/mol. The molecule has 1 saturated carbocycles. The molecule has 0 aromatic rings. The molecule has 1 aliphatic carbocycles. The predicted molar refractivity (Wildman–Crippen MR) is 92.8 cm³/mol. The van der Waals surface area contributed by atoms with Crippen molar-refractivity contribution in [3.05, 3.63) is 25.3 Å². The molecule has 118 valence electrons. The van der Waals surface area contributed by atoms with E-state index in [0.717, 1.165) is 30.6 Å². The van der Waals surface area contributed by atoms with Crippen molar-refractivity contribution in [2.75, 3.05) is 0 Å². The first kappa shape index (κ1) is 19.4. The molecule has 2 N–H and O–H groups in total. The minimum absolute atomic E-state index is 0.382. The topological polar surface area (TPSA) is 26.0 Å². The summed E-state index contributed by atoms with van der Waals surface area (Å²) in [7, 11) is 0. The van der Waals surface area contributed by atoms with E-state index < -0.39 is 0 Å². The van der Waals surface area contributed by atoms with Crippen LogP contribution in [-0.4, -0.2) is 6.04 Å². The van der Waals surface area contributed by atoms with E-state index in [0.29, 0.717) is 6.04 Å². The summed E-state index contributed by atoms with van der Waals surface area (Å²) in [5.41, 5.74) is 5.99. The van der Waals surface area contributed by atoms with Gasteiger partial charge in [0, 0.05) is 6.04 Å². The molecule has 2 atom stereocenters. The van der Waals surface area contributed by atoms with E-state index in [4.69, 9.17) is 5.73 Å². The van der Waals surface area contributed by atoms with Gasteiger partial charge in [-0.25, -0.2) is 0 Å². The second-order valence-electron chi connectivity index (χ2n) is 6.85. The largest absolute Gasteiger partial charge is 0.327 e. The fourth-order valence-electron chi connectivity index (χ4n) is 3.13. The van der Waals surface area contributed by atoms with Gasteiger partial charge >= 0.3 is 0 Å². The first-order chi connectivity index (χ1) is 9.51. The normalized spacial score (nSPS) is 18.9. The lowest BCUT2D eigenvalue weighted by molar-refractivity contribution is 0.305. The van der Waals surface area contributed by atoms with Gasteiger partial charge < -0.3 is 5.73 Å². The highest BCUT2D eigenvalue weighted by Gasteiger charge is 2.18. The van der Waals surface area contributed by atoms with Crippen LogP contribution in [0, 0.1) is 17.8 Å². The molecule has 1 nitrogen and oxygen atoms in total. The molecule has 0 heterocycles. The van der Waals surface area contributed by atoms with Crippen molar-refractivity contribution >= 4 is 0 Å². The third-order valence-corrected chi connectivity index (χ3v) is 4.14. The quantitative estimate of drug-likeness (QED) is 0.593. The van der Waals surface area contributed by atoms with Crippen molar-refractivity contribution < 1.29 is 0 Å². The Morgan fingerprint density at radius 1 is 1.00 bits per heavy atom. The molecule has 0 bridgehead atoms. The fourth-order valence-corrected chi connectivity index (χ4v) is 3.13. The second kappa shape index (κ2) is 12.2. The highest BCUT2D eigenvalue weighted by Crippen LogP contribution is 2.26. The number of nitrogens with two attached hydrogens (primary N) is 1. The van der Waals surface area contributed by atoms with Crippen molar-refractivity contribution in [2.24, 2.45) is 23.5 Å². The average Bonchev–Trinajstić information content (AvgIpc) is 2.40. The molecule has 0 aromatic carbocycles. The number of rotatable bonds is 7. The SMILES string of the molecule is C=CCC(C)CC(C)C.C=CCC(N)C1CCCCC1. The van der Waals surface area contributed by atoms with E-state index in [-0.39, 0.29) is 0 Å². The Kier molecular flexibility index (Phi) is 11.9. The molecule has 1 aliphatic rings. The van der Waals surface area contributed by atoms with Gasteiger partial charge in [0.05, 0.1) is 0 Å². The van der Waals surface area contributed by atoms with E-state index >= 15 is 0 Å². The van der Waals surface area contributed by atoms with Crippen LogP contribution in [-0.2, 0) is 0 Å². The van der Waals surface area contributed by atoms with E-state index in [2.05, 4.69) is 33.9 Å².